The first-order chi connectivity index (χ1) is 9.48. The van der Waals surface area contributed by atoms with Gasteiger partial charge in [-0.2, -0.15) is 0 Å². The highest BCUT2D eigenvalue weighted by Crippen LogP contribution is 2.82. The molecule has 0 amide bonds. The van der Waals surface area contributed by atoms with E-state index in [0.717, 1.165) is 6.42 Å². The van der Waals surface area contributed by atoms with Crippen LogP contribution in [-0.4, -0.2) is 17.0 Å². The van der Waals surface area contributed by atoms with Gasteiger partial charge in [-0.1, -0.05) is 40.0 Å². The molecule has 3 rings (SSSR count). The lowest BCUT2D eigenvalue weighted by Gasteiger charge is -2.41. The molecule has 3 fully saturated rings. The highest BCUT2D eigenvalue weighted by molar-refractivity contribution is 5.29. The second-order valence-electron chi connectivity index (χ2n) is 9.65. The van der Waals surface area contributed by atoms with Crippen molar-refractivity contribution in [2.24, 2.45) is 16.7 Å². The van der Waals surface area contributed by atoms with E-state index in [2.05, 4.69) is 48.5 Å². The zero-order chi connectivity index (χ0) is 15.7. The summed E-state index contributed by atoms with van der Waals surface area (Å²) >= 11 is 0. The second kappa shape index (κ2) is 4.26. The molecule has 122 valence electrons. The molecule has 0 aromatic carbocycles. The van der Waals surface area contributed by atoms with Crippen molar-refractivity contribution in [3.63, 3.8) is 0 Å². The molecular weight excluding hydrogens is 260 g/mol. The Hall–Kier alpha value is -0.0800. The van der Waals surface area contributed by atoms with Crippen molar-refractivity contribution >= 4 is 0 Å². The zero-order valence-electron chi connectivity index (χ0n) is 15.1. The molecule has 1 aliphatic heterocycles. The van der Waals surface area contributed by atoms with Crippen molar-refractivity contribution < 1.29 is 9.47 Å². The van der Waals surface area contributed by atoms with Gasteiger partial charge in [0.05, 0.1) is 11.2 Å². The van der Waals surface area contributed by atoms with Crippen molar-refractivity contribution in [3.05, 3.63) is 0 Å². The van der Waals surface area contributed by atoms with Gasteiger partial charge in [0.25, 0.3) is 0 Å². The molecule has 0 N–H and O–H groups in total. The van der Waals surface area contributed by atoms with Gasteiger partial charge in [0.2, 0.25) is 0 Å². The van der Waals surface area contributed by atoms with Crippen molar-refractivity contribution in [3.8, 4) is 0 Å². The summed E-state index contributed by atoms with van der Waals surface area (Å²) in [5.41, 5.74) is 0.111. The van der Waals surface area contributed by atoms with Gasteiger partial charge in [-0.3, -0.25) is 0 Å². The molecule has 3 aliphatic rings. The number of hydrogen-bond acceptors (Lipinski definition) is 2. The zero-order valence-corrected chi connectivity index (χ0v) is 15.1. The van der Waals surface area contributed by atoms with Crippen LogP contribution in [0.4, 0.5) is 0 Å². The fourth-order valence-corrected chi connectivity index (χ4v) is 5.45. The Morgan fingerprint density at radius 3 is 2.05 bits per heavy atom. The van der Waals surface area contributed by atoms with Gasteiger partial charge in [-0.15, -0.1) is 0 Å². The topological polar surface area (TPSA) is 18.5 Å². The van der Waals surface area contributed by atoms with Gasteiger partial charge in [0.15, 0.2) is 5.79 Å². The van der Waals surface area contributed by atoms with E-state index in [1.54, 1.807) is 0 Å². The third kappa shape index (κ3) is 1.97. The lowest BCUT2D eigenvalue weighted by molar-refractivity contribution is -0.276. The minimum atomic E-state index is -0.384. The van der Waals surface area contributed by atoms with Crippen LogP contribution in [0.5, 0.6) is 0 Å². The summed E-state index contributed by atoms with van der Waals surface area (Å²) in [6, 6.07) is 0. The fourth-order valence-electron chi connectivity index (χ4n) is 5.45. The lowest BCUT2D eigenvalue weighted by atomic mass is 9.78. The number of ether oxygens (including phenoxy) is 2. The Bertz CT molecular complexity index is 431. The summed E-state index contributed by atoms with van der Waals surface area (Å²) in [6.07, 6.45) is 7.82. The van der Waals surface area contributed by atoms with E-state index in [4.69, 9.17) is 9.47 Å². The molecule has 1 saturated heterocycles. The predicted molar refractivity (Wildman–Crippen MR) is 86.1 cm³/mol. The van der Waals surface area contributed by atoms with Gasteiger partial charge in [0, 0.05) is 10.8 Å². The van der Waals surface area contributed by atoms with Crippen LogP contribution in [0.2, 0.25) is 0 Å². The van der Waals surface area contributed by atoms with E-state index in [9.17, 15) is 0 Å². The molecule has 0 bridgehead atoms. The quantitative estimate of drug-likeness (QED) is 0.703. The summed E-state index contributed by atoms with van der Waals surface area (Å²) in [7, 11) is 0. The van der Waals surface area contributed by atoms with Crippen LogP contribution in [0.25, 0.3) is 0 Å². The molecule has 2 heteroatoms. The molecule has 0 spiro atoms. The number of hydrogen-bond donors (Lipinski definition) is 0. The van der Waals surface area contributed by atoms with Gasteiger partial charge in [0.1, 0.15) is 0 Å². The van der Waals surface area contributed by atoms with Crippen LogP contribution in [0.3, 0.4) is 0 Å². The molecular formula is C19H34O2. The van der Waals surface area contributed by atoms with Crippen LogP contribution in [0.1, 0.15) is 87.0 Å². The molecule has 2 saturated carbocycles. The Labute approximate surface area is 131 Å². The van der Waals surface area contributed by atoms with Crippen LogP contribution in [0.15, 0.2) is 0 Å². The largest absolute Gasteiger partial charge is 0.343 e. The summed E-state index contributed by atoms with van der Waals surface area (Å²) in [5, 5.41) is 0. The van der Waals surface area contributed by atoms with E-state index >= 15 is 0 Å². The summed E-state index contributed by atoms with van der Waals surface area (Å²) in [4.78, 5) is 0. The first kappa shape index (κ1) is 15.8. The minimum Gasteiger partial charge on any atom is -0.343 e. The van der Waals surface area contributed by atoms with Crippen molar-refractivity contribution in [2.45, 2.75) is 104 Å². The first-order valence-electron chi connectivity index (χ1n) is 8.88. The van der Waals surface area contributed by atoms with Crippen molar-refractivity contribution in [1.82, 2.24) is 0 Å². The molecule has 2 nitrogen and oxygen atoms in total. The van der Waals surface area contributed by atoms with Gasteiger partial charge in [-0.25, -0.2) is 0 Å². The monoisotopic (exact) mass is 294 g/mol. The third-order valence-electron chi connectivity index (χ3n) is 7.06. The Morgan fingerprint density at radius 1 is 0.952 bits per heavy atom. The maximum atomic E-state index is 6.83. The van der Waals surface area contributed by atoms with Crippen molar-refractivity contribution in [1.29, 1.82) is 0 Å². The van der Waals surface area contributed by atoms with Crippen molar-refractivity contribution in [2.75, 3.05) is 0 Å². The first-order valence-corrected chi connectivity index (χ1v) is 8.88. The van der Waals surface area contributed by atoms with Gasteiger partial charge >= 0.3 is 0 Å². The summed E-state index contributed by atoms with van der Waals surface area (Å²) < 4.78 is 13.4. The maximum Gasteiger partial charge on any atom is 0.181 e. The summed E-state index contributed by atoms with van der Waals surface area (Å²) in [6.45, 7) is 16.0. The van der Waals surface area contributed by atoms with Gasteiger partial charge < -0.3 is 9.47 Å². The molecule has 21 heavy (non-hydrogen) atoms. The highest BCUT2D eigenvalue weighted by Gasteiger charge is 2.88. The highest BCUT2D eigenvalue weighted by atomic mass is 16.7. The lowest BCUT2D eigenvalue weighted by Crippen LogP contribution is -2.44. The summed E-state index contributed by atoms with van der Waals surface area (Å²) in [5.74, 6) is 0.290. The number of rotatable bonds is 3. The number of fused-ring (bicyclic) bond motifs is 1. The van der Waals surface area contributed by atoms with Gasteiger partial charge in [-0.05, 0) is 52.9 Å². The van der Waals surface area contributed by atoms with Crippen LogP contribution < -0.4 is 0 Å². The maximum absolute atomic E-state index is 6.83. The van der Waals surface area contributed by atoms with E-state index in [0.29, 0.717) is 5.92 Å². The normalized spacial score (nSPS) is 41.9. The third-order valence-corrected chi connectivity index (χ3v) is 7.06. The van der Waals surface area contributed by atoms with Crippen LogP contribution in [-0.2, 0) is 9.47 Å². The van der Waals surface area contributed by atoms with E-state index in [-0.39, 0.29) is 27.8 Å². The molecule has 0 radical (unpaired) electrons. The second-order valence-corrected chi connectivity index (χ2v) is 9.65. The molecule has 2 aliphatic carbocycles. The van der Waals surface area contributed by atoms with E-state index in [1.165, 1.54) is 32.1 Å². The molecule has 0 aromatic heterocycles. The van der Waals surface area contributed by atoms with Crippen LogP contribution >= 0.6 is 0 Å². The Morgan fingerprint density at radius 2 is 1.52 bits per heavy atom. The fraction of sp³-hybridized carbons (Fsp3) is 1.00. The van der Waals surface area contributed by atoms with Crippen LogP contribution in [0, 0.1) is 16.7 Å². The average molecular weight is 294 g/mol. The Balaban J connectivity index is 1.83. The molecule has 2 unspecified atom stereocenters. The van der Waals surface area contributed by atoms with E-state index in [1.807, 2.05) is 0 Å². The Kier molecular flexibility index (Phi) is 3.20. The predicted octanol–water partition coefficient (Wildman–Crippen LogP) is 5.30. The minimum absolute atomic E-state index is 0.0626. The molecule has 1 heterocycles. The smallest absolute Gasteiger partial charge is 0.181 e. The standard InChI is InChI=1S/C19H34O2/c1-15(2)13-18(7)17(5,6)19(18,20-15)21-16(3,4)14-11-9-8-10-12-14/h14H,8-13H2,1-7H3. The SMILES string of the molecule is CC1(C)CC2(C)C(C)(C)C2(OC(C)(C)C2CCCCC2)O1. The molecule has 0 aromatic rings. The molecule has 2 atom stereocenters. The van der Waals surface area contributed by atoms with E-state index < -0.39 is 0 Å². The average Bonchev–Trinajstić information content (AvgIpc) is 2.59.